The van der Waals surface area contributed by atoms with E-state index in [4.69, 9.17) is 16.3 Å². The third kappa shape index (κ3) is 5.99. The summed E-state index contributed by atoms with van der Waals surface area (Å²) in [5.41, 5.74) is 0.791. The normalized spacial score (nSPS) is 16.8. The van der Waals surface area contributed by atoms with Gasteiger partial charge in [-0.05, 0) is 56.1 Å². The molecule has 1 aliphatic heterocycles. The molecule has 134 valence electrons. The highest BCUT2D eigenvalue weighted by molar-refractivity contribution is 7.09. The first-order chi connectivity index (χ1) is 12.2. The third-order valence-electron chi connectivity index (χ3n) is 4.15. The second-order valence-electron chi connectivity index (χ2n) is 6.15. The molecular formula is C18H22ClN3O2S. The number of thiazole rings is 1. The fourth-order valence-corrected chi connectivity index (χ4v) is 3.61. The van der Waals surface area contributed by atoms with Crippen molar-refractivity contribution >= 4 is 28.8 Å². The van der Waals surface area contributed by atoms with E-state index in [0.29, 0.717) is 24.0 Å². The van der Waals surface area contributed by atoms with E-state index in [0.717, 1.165) is 42.5 Å². The van der Waals surface area contributed by atoms with Crippen LogP contribution in [0.1, 0.15) is 23.5 Å². The molecule has 25 heavy (non-hydrogen) atoms. The number of aromatic nitrogens is 1. The lowest BCUT2D eigenvalue weighted by molar-refractivity contribution is -0.120. The number of nitrogens with one attached hydrogen (secondary N) is 2. The molecule has 1 aromatic carbocycles. The van der Waals surface area contributed by atoms with Gasteiger partial charge in [0.15, 0.2) is 0 Å². The second-order valence-corrected chi connectivity index (χ2v) is 7.53. The number of rotatable bonds is 8. The van der Waals surface area contributed by atoms with Gasteiger partial charge in [-0.15, -0.1) is 11.3 Å². The van der Waals surface area contributed by atoms with E-state index < -0.39 is 0 Å². The van der Waals surface area contributed by atoms with Gasteiger partial charge in [0.05, 0.1) is 12.1 Å². The summed E-state index contributed by atoms with van der Waals surface area (Å²) in [6.07, 6.45) is 2.56. The molecule has 1 saturated heterocycles. The number of hydrogen-bond donors (Lipinski definition) is 2. The lowest BCUT2D eigenvalue weighted by Crippen LogP contribution is -2.27. The Hall–Kier alpha value is -1.63. The van der Waals surface area contributed by atoms with Crippen LogP contribution in [0, 0.1) is 5.92 Å². The van der Waals surface area contributed by atoms with Crippen molar-refractivity contribution in [3.05, 3.63) is 45.4 Å². The maximum Gasteiger partial charge on any atom is 0.226 e. The number of carbonyl (C=O) groups is 1. The van der Waals surface area contributed by atoms with E-state index in [9.17, 15) is 4.79 Å². The molecule has 0 radical (unpaired) electrons. The summed E-state index contributed by atoms with van der Waals surface area (Å²) >= 11 is 7.35. The monoisotopic (exact) mass is 379 g/mol. The summed E-state index contributed by atoms with van der Waals surface area (Å²) in [4.78, 5) is 16.5. The Morgan fingerprint density at radius 2 is 2.24 bits per heavy atom. The van der Waals surface area contributed by atoms with E-state index in [1.807, 2.05) is 17.5 Å². The summed E-state index contributed by atoms with van der Waals surface area (Å²) < 4.78 is 5.67. The van der Waals surface area contributed by atoms with Gasteiger partial charge in [-0.1, -0.05) is 11.6 Å². The van der Waals surface area contributed by atoms with Gasteiger partial charge in [0.2, 0.25) is 5.91 Å². The predicted octanol–water partition coefficient (Wildman–Crippen LogP) is 3.03. The van der Waals surface area contributed by atoms with Crippen molar-refractivity contribution in [1.29, 1.82) is 0 Å². The zero-order valence-electron chi connectivity index (χ0n) is 14.0. The van der Waals surface area contributed by atoms with Crippen molar-refractivity contribution in [1.82, 2.24) is 15.6 Å². The average Bonchev–Trinajstić information content (AvgIpc) is 3.26. The molecule has 2 aromatic rings. The lowest BCUT2D eigenvalue weighted by atomic mass is 10.1. The fourth-order valence-electron chi connectivity index (χ4n) is 2.78. The van der Waals surface area contributed by atoms with Gasteiger partial charge in [-0.25, -0.2) is 4.98 Å². The Balaban J connectivity index is 1.38. The zero-order valence-corrected chi connectivity index (χ0v) is 15.5. The van der Waals surface area contributed by atoms with Crippen molar-refractivity contribution < 1.29 is 9.53 Å². The van der Waals surface area contributed by atoms with Crippen LogP contribution in [0.4, 0.5) is 0 Å². The molecule has 1 aromatic heterocycles. The van der Waals surface area contributed by atoms with Crippen molar-refractivity contribution in [3.63, 3.8) is 0 Å². The van der Waals surface area contributed by atoms with Gasteiger partial charge in [0, 0.05) is 16.9 Å². The first-order valence-electron chi connectivity index (χ1n) is 8.48. The van der Waals surface area contributed by atoms with Crippen LogP contribution in [0.5, 0.6) is 5.75 Å². The van der Waals surface area contributed by atoms with Crippen molar-refractivity contribution in [3.8, 4) is 5.75 Å². The maximum absolute atomic E-state index is 12.0. The minimum absolute atomic E-state index is 0.0291. The van der Waals surface area contributed by atoms with Gasteiger partial charge in [-0.3, -0.25) is 4.79 Å². The zero-order chi connectivity index (χ0) is 17.5. The van der Waals surface area contributed by atoms with Crippen molar-refractivity contribution in [2.75, 3.05) is 19.6 Å². The molecule has 1 unspecified atom stereocenters. The van der Waals surface area contributed by atoms with Crippen LogP contribution in [0.2, 0.25) is 5.02 Å². The molecule has 0 aliphatic carbocycles. The Kier molecular flexibility index (Phi) is 6.67. The van der Waals surface area contributed by atoms with Gasteiger partial charge in [0.25, 0.3) is 0 Å². The molecule has 7 heteroatoms. The number of ether oxygens (including phenoxy) is 1. The first-order valence-corrected chi connectivity index (χ1v) is 9.74. The Morgan fingerprint density at radius 3 is 3.00 bits per heavy atom. The molecule has 2 heterocycles. The van der Waals surface area contributed by atoms with Crippen LogP contribution in [-0.4, -0.2) is 30.5 Å². The number of halogens is 1. The standard InChI is InChI=1S/C18H22ClN3O2S/c19-14-1-3-16(4-2-14)24-11-18-22-15(12-25-18)9-17(23)21-8-6-13-5-7-20-10-13/h1-4,12-13,20H,5-11H2,(H,21,23). The fraction of sp³-hybridized carbons (Fsp3) is 0.444. The highest BCUT2D eigenvalue weighted by Gasteiger charge is 2.14. The van der Waals surface area contributed by atoms with Crippen LogP contribution in [0.25, 0.3) is 0 Å². The van der Waals surface area contributed by atoms with E-state index in [1.54, 1.807) is 12.1 Å². The van der Waals surface area contributed by atoms with Crippen molar-refractivity contribution in [2.45, 2.75) is 25.9 Å². The number of amides is 1. The van der Waals surface area contributed by atoms with Crippen LogP contribution in [0.3, 0.4) is 0 Å². The van der Waals surface area contributed by atoms with Crippen LogP contribution in [-0.2, 0) is 17.8 Å². The van der Waals surface area contributed by atoms with E-state index in [1.165, 1.54) is 17.8 Å². The third-order valence-corrected chi connectivity index (χ3v) is 5.28. The van der Waals surface area contributed by atoms with Crippen LogP contribution >= 0.6 is 22.9 Å². The van der Waals surface area contributed by atoms with Crippen LogP contribution < -0.4 is 15.4 Å². The molecule has 1 amide bonds. The molecule has 2 N–H and O–H groups in total. The topological polar surface area (TPSA) is 63.2 Å². The average molecular weight is 380 g/mol. The van der Waals surface area contributed by atoms with Crippen molar-refractivity contribution in [2.24, 2.45) is 5.92 Å². The summed E-state index contributed by atoms with van der Waals surface area (Å²) in [6, 6.07) is 7.22. The van der Waals surface area contributed by atoms with E-state index in [2.05, 4.69) is 15.6 Å². The Morgan fingerprint density at radius 1 is 1.40 bits per heavy atom. The molecule has 0 bridgehead atoms. The van der Waals surface area contributed by atoms with E-state index in [-0.39, 0.29) is 5.91 Å². The van der Waals surface area contributed by atoms with Gasteiger partial charge >= 0.3 is 0 Å². The quantitative estimate of drug-likeness (QED) is 0.740. The summed E-state index contributed by atoms with van der Waals surface area (Å²) in [5, 5.41) is 9.78. The number of hydrogen-bond acceptors (Lipinski definition) is 5. The van der Waals surface area contributed by atoms with Gasteiger partial charge in [-0.2, -0.15) is 0 Å². The van der Waals surface area contributed by atoms with Gasteiger partial charge in [0.1, 0.15) is 17.4 Å². The second kappa shape index (κ2) is 9.17. The smallest absolute Gasteiger partial charge is 0.226 e. The highest BCUT2D eigenvalue weighted by atomic mass is 35.5. The Labute approximate surface area is 156 Å². The molecule has 5 nitrogen and oxygen atoms in total. The molecule has 3 rings (SSSR count). The largest absolute Gasteiger partial charge is 0.486 e. The summed E-state index contributed by atoms with van der Waals surface area (Å²) in [7, 11) is 0. The molecule has 0 spiro atoms. The summed E-state index contributed by atoms with van der Waals surface area (Å²) in [6.45, 7) is 3.29. The lowest BCUT2D eigenvalue weighted by Gasteiger charge is -2.08. The SMILES string of the molecule is O=C(Cc1csc(COc2ccc(Cl)cc2)n1)NCCC1CCNC1. The van der Waals surface area contributed by atoms with E-state index >= 15 is 0 Å². The minimum atomic E-state index is 0.0291. The molecule has 0 saturated carbocycles. The van der Waals surface area contributed by atoms with Crippen LogP contribution in [0.15, 0.2) is 29.6 Å². The molecule has 1 atom stereocenters. The summed E-state index contributed by atoms with van der Waals surface area (Å²) in [5.74, 6) is 1.47. The molecule has 1 aliphatic rings. The Bertz CT molecular complexity index is 684. The highest BCUT2D eigenvalue weighted by Crippen LogP contribution is 2.18. The number of benzene rings is 1. The minimum Gasteiger partial charge on any atom is -0.486 e. The maximum atomic E-state index is 12.0. The molecule has 1 fully saturated rings. The predicted molar refractivity (Wildman–Crippen MR) is 100 cm³/mol. The molecular weight excluding hydrogens is 358 g/mol. The number of carbonyl (C=O) groups excluding carboxylic acids is 1. The van der Waals surface area contributed by atoms with Gasteiger partial charge < -0.3 is 15.4 Å². The first kappa shape index (κ1) is 18.2. The number of nitrogens with zero attached hydrogens (tertiary/aromatic N) is 1.